The molecule has 2 aliphatic rings. The van der Waals surface area contributed by atoms with E-state index in [2.05, 4.69) is 20.9 Å². The van der Waals surface area contributed by atoms with Crippen molar-refractivity contribution in [2.24, 2.45) is 0 Å². The number of carbonyl (C=O) groups excluding carboxylic acids is 4. The molecule has 30 heavy (non-hydrogen) atoms. The quantitative estimate of drug-likeness (QED) is 0.623. The molecular weight excluding hydrogens is 388 g/mol. The van der Waals surface area contributed by atoms with Crippen molar-refractivity contribution in [3.8, 4) is 0 Å². The van der Waals surface area contributed by atoms with Gasteiger partial charge in [-0.05, 0) is 38.8 Å². The maximum atomic E-state index is 13.1. The van der Waals surface area contributed by atoms with Crippen molar-refractivity contribution in [3.05, 3.63) is 30.1 Å². The van der Waals surface area contributed by atoms with Crippen molar-refractivity contribution in [3.63, 3.8) is 0 Å². The molecule has 0 saturated carbocycles. The van der Waals surface area contributed by atoms with Gasteiger partial charge >= 0.3 is 6.03 Å². The molecule has 1 aromatic heterocycles. The fourth-order valence-electron chi connectivity index (χ4n) is 3.61. The van der Waals surface area contributed by atoms with Gasteiger partial charge in [-0.15, -0.1) is 0 Å². The average Bonchev–Trinajstić information content (AvgIpc) is 2.74. The summed E-state index contributed by atoms with van der Waals surface area (Å²) in [6, 6.07) is 1.41. The summed E-state index contributed by atoms with van der Waals surface area (Å²) in [5.41, 5.74) is 0.366. The third-order valence-corrected chi connectivity index (χ3v) is 5.15. The van der Waals surface area contributed by atoms with Crippen LogP contribution in [0.2, 0.25) is 0 Å². The van der Waals surface area contributed by atoms with Crippen LogP contribution in [0.25, 0.3) is 0 Å². The summed E-state index contributed by atoms with van der Waals surface area (Å²) >= 11 is 0. The SMILES string of the molecule is CC(C)NC(=O)N1CCN(C(=O)c2cccnc2)[C@@H](C(=O)N[C@H]2CCCNC2=O)C1. The van der Waals surface area contributed by atoms with Crippen LogP contribution in [0.4, 0.5) is 4.79 Å². The van der Waals surface area contributed by atoms with E-state index >= 15 is 0 Å². The number of nitrogens with zero attached hydrogens (tertiary/aromatic N) is 3. The smallest absolute Gasteiger partial charge is 0.317 e. The van der Waals surface area contributed by atoms with E-state index in [0.29, 0.717) is 25.1 Å². The lowest BCUT2D eigenvalue weighted by atomic mass is 10.0. The monoisotopic (exact) mass is 416 g/mol. The minimum absolute atomic E-state index is 0.0464. The third kappa shape index (κ3) is 5.05. The van der Waals surface area contributed by atoms with E-state index in [1.165, 1.54) is 16.0 Å². The Morgan fingerprint density at radius 3 is 2.73 bits per heavy atom. The zero-order chi connectivity index (χ0) is 21.7. The van der Waals surface area contributed by atoms with Crippen molar-refractivity contribution in [2.45, 2.75) is 44.8 Å². The summed E-state index contributed by atoms with van der Waals surface area (Å²) in [5, 5.41) is 8.30. The first-order chi connectivity index (χ1) is 14.4. The molecule has 0 spiro atoms. The largest absolute Gasteiger partial charge is 0.354 e. The van der Waals surface area contributed by atoms with Gasteiger partial charge in [-0.1, -0.05) is 0 Å². The number of nitrogens with one attached hydrogen (secondary N) is 3. The van der Waals surface area contributed by atoms with Crippen molar-refractivity contribution in [2.75, 3.05) is 26.2 Å². The topological polar surface area (TPSA) is 124 Å². The lowest BCUT2D eigenvalue weighted by molar-refractivity contribution is -0.133. The van der Waals surface area contributed by atoms with E-state index in [9.17, 15) is 19.2 Å². The van der Waals surface area contributed by atoms with Crippen LogP contribution in [0.3, 0.4) is 0 Å². The molecule has 2 aliphatic heterocycles. The molecule has 1 aromatic rings. The molecule has 0 bridgehead atoms. The first-order valence-electron chi connectivity index (χ1n) is 10.2. The van der Waals surface area contributed by atoms with Gasteiger partial charge in [-0.3, -0.25) is 19.4 Å². The van der Waals surface area contributed by atoms with E-state index < -0.39 is 18.0 Å². The van der Waals surface area contributed by atoms with Crippen molar-refractivity contribution >= 4 is 23.8 Å². The molecule has 3 rings (SSSR count). The molecule has 5 amide bonds. The van der Waals surface area contributed by atoms with Crippen LogP contribution in [-0.2, 0) is 9.59 Å². The van der Waals surface area contributed by atoms with E-state index in [4.69, 9.17) is 0 Å². The maximum Gasteiger partial charge on any atom is 0.317 e. The van der Waals surface area contributed by atoms with Crippen LogP contribution in [0, 0.1) is 0 Å². The van der Waals surface area contributed by atoms with E-state index in [1.54, 1.807) is 18.3 Å². The second-order valence-electron chi connectivity index (χ2n) is 7.80. The first kappa shape index (κ1) is 21.5. The van der Waals surface area contributed by atoms with Crippen LogP contribution >= 0.6 is 0 Å². The Hall–Kier alpha value is -3.17. The Bertz CT molecular complexity index is 800. The number of amides is 5. The zero-order valence-electron chi connectivity index (χ0n) is 17.3. The number of carbonyl (C=O) groups is 4. The Morgan fingerprint density at radius 2 is 2.07 bits per heavy atom. The number of pyridine rings is 1. The zero-order valence-corrected chi connectivity index (χ0v) is 17.3. The van der Waals surface area contributed by atoms with Gasteiger partial charge in [-0.25, -0.2) is 4.79 Å². The number of urea groups is 1. The van der Waals surface area contributed by atoms with Gasteiger partial charge in [-0.2, -0.15) is 0 Å². The lowest BCUT2D eigenvalue weighted by Crippen LogP contribution is -2.64. The Labute approximate surface area is 175 Å². The molecule has 10 nitrogen and oxygen atoms in total. The molecule has 0 radical (unpaired) electrons. The summed E-state index contributed by atoms with van der Waals surface area (Å²) in [5.74, 6) is -1.01. The van der Waals surface area contributed by atoms with Crippen LogP contribution in [0.5, 0.6) is 0 Å². The van der Waals surface area contributed by atoms with E-state index in [1.807, 2.05) is 13.8 Å². The molecule has 3 N–H and O–H groups in total. The third-order valence-electron chi connectivity index (χ3n) is 5.15. The normalized spacial score (nSPS) is 21.8. The van der Waals surface area contributed by atoms with Gasteiger partial charge in [0.2, 0.25) is 11.8 Å². The Balaban J connectivity index is 1.78. The molecule has 162 valence electrons. The number of piperazine rings is 1. The van der Waals surface area contributed by atoms with Crippen molar-refractivity contribution < 1.29 is 19.2 Å². The highest BCUT2D eigenvalue weighted by atomic mass is 16.2. The van der Waals surface area contributed by atoms with E-state index in [0.717, 1.165) is 6.42 Å². The molecule has 0 unspecified atom stereocenters. The lowest BCUT2D eigenvalue weighted by Gasteiger charge is -2.41. The number of piperidine rings is 1. The Morgan fingerprint density at radius 1 is 1.27 bits per heavy atom. The van der Waals surface area contributed by atoms with Gasteiger partial charge in [0.15, 0.2) is 0 Å². The molecular formula is C20H28N6O4. The molecule has 0 aromatic carbocycles. The van der Waals surface area contributed by atoms with Gasteiger partial charge in [0.1, 0.15) is 12.1 Å². The molecule has 10 heteroatoms. The highest BCUT2D eigenvalue weighted by molar-refractivity contribution is 5.98. The minimum Gasteiger partial charge on any atom is -0.354 e. The molecule has 3 heterocycles. The first-order valence-corrected chi connectivity index (χ1v) is 10.2. The predicted molar refractivity (Wildman–Crippen MR) is 108 cm³/mol. The number of aromatic nitrogens is 1. The van der Waals surface area contributed by atoms with Crippen molar-refractivity contribution in [1.29, 1.82) is 0 Å². The highest BCUT2D eigenvalue weighted by Gasteiger charge is 2.39. The molecule has 0 aliphatic carbocycles. The number of rotatable bonds is 4. The summed E-state index contributed by atoms with van der Waals surface area (Å²) in [6.07, 6.45) is 4.32. The minimum atomic E-state index is -0.904. The van der Waals surface area contributed by atoms with Gasteiger partial charge in [0.25, 0.3) is 5.91 Å². The van der Waals surface area contributed by atoms with Gasteiger partial charge < -0.3 is 25.8 Å². The summed E-state index contributed by atoms with van der Waals surface area (Å²) in [6.45, 7) is 4.85. The predicted octanol–water partition coefficient (Wildman–Crippen LogP) is -0.279. The molecule has 2 saturated heterocycles. The van der Waals surface area contributed by atoms with Crippen LogP contribution in [0.1, 0.15) is 37.0 Å². The van der Waals surface area contributed by atoms with E-state index in [-0.39, 0.29) is 37.0 Å². The highest BCUT2D eigenvalue weighted by Crippen LogP contribution is 2.16. The number of hydrogen-bond donors (Lipinski definition) is 3. The van der Waals surface area contributed by atoms with Crippen LogP contribution in [0.15, 0.2) is 24.5 Å². The van der Waals surface area contributed by atoms with Crippen molar-refractivity contribution in [1.82, 2.24) is 30.7 Å². The average molecular weight is 416 g/mol. The molecule has 2 atom stereocenters. The van der Waals surface area contributed by atoms with Gasteiger partial charge in [0, 0.05) is 38.1 Å². The maximum absolute atomic E-state index is 13.1. The fourth-order valence-corrected chi connectivity index (χ4v) is 3.61. The fraction of sp³-hybridized carbons (Fsp3) is 0.550. The summed E-state index contributed by atoms with van der Waals surface area (Å²) in [4.78, 5) is 57.6. The summed E-state index contributed by atoms with van der Waals surface area (Å²) < 4.78 is 0. The summed E-state index contributed by atoms with van der Waals surface area (Å²) in [7, 11) is 0. The van der Waals surface area contributed by atoms with Crippen LogP contribution < -0.4 is 16.0 Å². The Kier molecular flexibility index (Phi) is 6.86. The second-order valence-corrected chi connectivity index (χ2v) is 7.80. The van der Waals surface area contributed by atoms with Gasteiger partial charge in [0.05, 0.1) is 12.1 Å². The number of hydrogen-bond acceptors (Lipinski definition) is 5. The standard InChI is InChI=1S/C20H28N6O4/c1-13(2)23-20(30)25-9-10-26(19(29)14-5-3-7-21-11-14)16(12-25)18(28)24-15-6-4-8-22-17(15)27/h3,5,7,11,13,15-16H,4,6,8-10,12H2,1-2H3,(H,22,27)(H,23,30)(H,24,28)/t15-,16+/m0/s1. The second kappa shape index (κ2) is 9.55. The molecule has 2 fully saturated rings. The van der Waals surface area contributed by atoms with Crippen LogP contribution in [-0.4, -0.2) is 82.8 Å².